The summed E-state index contributed by atoms with van der Waals surface area (Å²) in [5, 5.41) is 34.4. The SMILES string of the molecule is COc1ccccc1N1CCN(CCCNC(=O)C2CCCN2Cc2ccccc2)CC1.O=C(O)/C=C\C(=O)O.O=C(O)/C=C\C(=O)O. The first kappa shape index (κ1) is 39.0. The maximum absolute atomic E-state index is 12.8. The van der Waals surface area contributed by atoms with Crippen molar-refractivity contribution in [2.45, 2.75) is 31.8 Å². The fraction of sp³-hybridized carbons (Fsp3) is 0.382. The summed E-state index contributed by atoms with van der Waals surface area (Å²) in [6.45, 7) is 7.73. The molecule has 0 saturated carbocycles. The predicted octanol–water partition coefficient (Wildman–Crippen LogP) is 2.41. The van der Waals surface area contributed by atoms with Gasteiger partial charge in [0.2, 0.25) is 5.91 Å². The predicted molar refractivity (Wildman–Crippen MR) is 178 cm³/mol. The third kappa shape index (κ3) is 15.4. The Bertz CT molecular complexity index is 1330. The molecule has 2 heterocycles. The standard InChI is InChI=1S/C26H36N4O2.2C4H4O4/c1-32-25-13-6-5-11-23(25)29-19-17-28(18-20-29)15-8-14-27-26(31)24-12-7-16-30(24)21-22-9-3-2-4-10-22;2*5-3(6)1-2-4(7)8/h2-6,9-11,13,24H,7-8,12,14-21H2,1H3,(H,27,31);2*1-2H,(H,5,6)(H,7,8)/b;2*2-1-. The highest BCUT2D eigenvalue weighted by Gasteiger charge is 2.30. The largest absolute Gasteiger partial charge is 0.495 e. The van der Waals surface area contributed by atoms with Crippen LogP contribution in [0.1, 0.15) is 24.8 Å². The van der Waals surface area contributed by atoms with E-state index >= 15 is 0 Å². The van der Waals surface area contributed by atoms with Gasteiger partial charge < -0.3 is 35.4 Å². The van der Waals surface area contributed by atoms with Crippen LogP contribution in [0, 0.1) is 0 Å². The van der Waals surface area contributed by atoms with Crippen LogP contribution >= 0.6 is 0 Å². The minimum absolute atomic E-state index is 0.0135. The molecule has 0 aromatic heterocycles. The zero-order valence-electron chi connectivity index (χ0n) is 26.9. The fourth-order valence-corrected chi connectivity index (χ4v) is 5.15. The summed E-state index contributed by atoms with van der Waals surface area (Å²) in [7, 11) is 1.73. The molecule has 48 heavy (non-hydrogen) atoms. The normalized spacial score (nSPS) is 16.4. The van der Waals surface area contributed by atoms with Crippen LogP contribution in [0.3, 0.4) is 0 Å². The lowest BCUT2D eigenvalue weighted by Gasteiger charge is -2.36. The van der Waals surface area contributed by atoms with Crippen molar-refractivity contribution in [2.75, 3.05) is 57.8 Å². The van der Waals surface area contributed by atoms with Crippen LogP contribution in [0.5, 0.6) is 5.75 Å². The smallest absolute Gasteiger partial charge is 0.328 e. The van der Waals surface area contributed by atoms with Gasteiger partial charge in [-0.2, -0.15) is 0 Å². The number of carboxylic acids is 4. The molecule has 2 aromatic carbocycles. The van der Waals surface area contributed by atoms with E-state index in [1.807, 2.05) is 18.2 Å². The van der Waals surface area contributed by atoms with Crippen molar-refractivity contribution < 1.29 is 49.1 Å². The fourth-order valence-electron chi connectivity index (χ4n) is 5.15. The Labute approximate surface area is 279 Å². The van der Waals surface area contributed by atoms with E-state index in [0.29, 0.717) is 24.3 Å². The second kappa shape index (κ2) is 21.6. The average molecular weight is 669 g/mol. The highest BCUT2D eigenvalue weighted by Crippen LogP contribution is 2.28. The summed E-state index contributed by atoms with van der Waals surface area (Å²) in [5.74, 6) is -3.89. The molecule has 0 radical (unpaired) electrons. The number of anilines is 1. The lowest BCUT2D eigenvalue weighted by Crippen LogP contribution is -2.47. The van der Waals surface area contributed by atoms with E-state index in [2.05, 4.69) is 56.4 Å². The number of nitrogens with zero attached hydrogens (tertiary/aromatic N) is 3. The van der Waals surface area contributed by atoms with Gasteiger partial charge in [0.05, 0.1) is 18.8 Å². The molecule has 2 aromatic rings. The summed E-state index contributed by atoms with van der Waals surface area (Å²) in [4.78, 5) is 58.2. The molecule has 0 bridgehead atoms. The topological polar surface area (TPSA) is 197 Å². The average Bonchev–Trinajstić information content (AvgIpc) is 3.54. The number of piperazine rings is 1. The Morgan fingerprint density at radius 3 is 1.85 bits per heavy atom. The second-order valence-corrected chi connectivity index (χ2v) is 10.8. The lowest BCUT2D eigenvalue weighted by molar-refractivity contribution is -0.134. The van der Waals surface area contributed by atoms with Gasteiger partial charge in [-0.1, -0.05) is 42.5 Å². The van der Waals surface area contributed by atoms with Crippen LogP contribution in [0.4, 0.5) is 5.69 Å². The number of carbonyl (C=O) groups excluding carboxylic acids is 1. The van der Waals surface area contributed by atoms with Gasteiger partial charge in [-0.25, -0.2) is 19.2 Å². The summed E-state index contributed by atoms with van der Waals surface area (Å²) in [6, 6.07) is 18.7. The first-order valence-electron chi connectivity index (χ1n) is 15.4. The summed E-state index contributed by atoms with van der Waals surface area (Å²) in [6.07, 6.45) is 5.28. The van der Waals surface area contributed by atoms with Crippen molar-refractivity contribution in [3.8, 4) is 5.75 Å². The van der Waals surface area contributed by atoms with Gasteiger partial charge in [0.25, 0.3) is 0 Å². The number of ether oxygens (including phenoxy) is 1. The van der Waals surface area contributed by atoms with E-state index in [0.717, 1.165) is 77.4 Å². The number of nitrogens with one attached hydrogen (secondary N) is 1. The number of benzene rings is 2. The zero-order valence-corrected chi connectivity index (χ0v) is 26.9. The molecular formula is C34H44N4O10. The molecular weight excluding hydrogens is 624 g/mol. The number of aliphatic carboxylic acids is 4. The van der Waals surface area contributed by atoms with Gasteiger partial charge >= 0.3 is 23.9 Å². The molecule has 1 unspecified atom stereocenters. The van der Waals surface area contributed by atoms with E-state index < -0.39 is 23.9 Å². The lowest BCUT2D eigenvalue weighted by atomic mass is 10.1. The number of para-hydroxylation sites is 2. The van der Waals surface area contributed by atoms with Gasteiger partial charge in [-0.3, -0.25) is 14.6 Å². The number of amides is 1. The summed E-state index contributed by atoms with van der Waals surface area (Å²) >= 11 is 0. The van der Waals surface area contributed by atoms with Crippen molar-refractivity contribution in [1.29, 1.82) is 0 Å². The van der Waals surface area contributed by atoms with Crippen LogP contribution < -0.4 is 15.0 Å². The third-order valence-electron chi connectivity index (χ3n) is 7.38. The molecule has 1 atom stereocenters. The molecule has 1 amide bonds. The molecule has 0 aliphatic carbocycles. The second-order valence-electron chi connectivity index (χ2n) is 10.8. The van der Waals surface area contributed by atoms with E-state index in [9.17, 15) is 24.0 Å². The Kier molecular flexibility index (Phi) is 17.5. The van der Waals surface area contributed by atoms with Crippen molar-refractivity contribution in [3.63, 3.8) is 0 Å². The molecule has 2 aliphatic heterocycles. The molecule has 0 spiro atoms. The maximum Gasteiger partial charge on any atom is 0.328 e. The van der Waals surface area contributed by atoms with Crippen LogP contribution in [0.2, 0.25) is 0 Å². The number of rotatable bonds is 13. The number of carboxylic acid groups (broad SMARTS) is 4. The molecule has 260 valence electrons. The molecule has 14 nitrogen and oxygen atoms in total. The van der Waals surface area contributed by atoms with E-state index in [4.69, 9.17) is 25.2 Å². The highest BCUT2D eigenvalue weighted by molar-refractivity contribution is 5.90. The summed E-state index contributed by atoms with van der Waals surface area (Å²) in [5.41, 5.74) is 2.46. The van der Waals surface area contributed by atoms with Crippen molar-refractivity contribution >= 4 is 35.5 Å². The van der Waals surface area contributed by atoms with Gasteiger partial charge in [-0.05, 0) is 50.0 Å². The van der Waals surface area contributed by atoms with Crippen LogP contribution in [0.15, 0.2) is 78.9 Å². The molecule has 2 saturated heterocycles. The van der Waals surface area contributed by atoms with Crippen molar-refractivity contribution in [1.82, 2.24) is 15.1 Å². The minimum atomic E-state index is -1.26. The number of carbonyl (C=O) groups is 5. The number of methoxy groups -OCH3 is 1. The number of hydrogen-bond acceptors (Lipinski definition) is 9. The van der Waals surface area contributed by atoms with Crippen LogP contribution in [0.25, 0.3) is 0 Å². The van der Waals surface area contributed by atoms with Crippen molar-refractivity contribution in [3.05, 3.63) is 84.5 Å². The molecule has 14 heteroatoms. The number of hydrogen-bond donors (Lipinski definition) is 5. The Morgan fingerprint density at radius 2 is 1.31 bits per heavy atom. The van der Waals surface area contributed by atoms with E-state index in [1.165, 1.54) is 11.3 Å². The maximum atomic E-state index is 12.8. The van der Waals surface area contributed by atoms with Gasteiger partial charge in [-0.15, -0.1) is 0 Å². The van der Waals surface area contributed by atoms with Gasteiger partial charge in [0.1, 0.15) is 5.75 Å². The van der Waals surface area contributed by atoms with Crippen LogP contribution in [-0.2, 0) is 30.5 Å². The molecule has 5 N–H and O–H groups in total. The minimum Gasteiger partial charge on any atom is -0.495 e. The third-order valence-corrected chi connectivity index (χ3v) is 7.38. The number of likely N-dealkylation sites (tertiary alicyclic amines) is 1. The Hall–Kier alpha value is -5.21. The summed E-state index contributed by atoms with van der Waals surface area (Å²) < 4.78 is 5.51. The first-order valence-corrected chi connectivity index (χ1v) is 15.4. The van der Waals surface area contributed by atoms with Gasteiger partial charge in [0, 0.05) is 63.6 Å². The van der Waals surface area contributed by atoms with E-state index in [-0.39, 0.29) is 11.9 Å². The highest BCUT2D eigenvalue weighted by atomic mass is 16.5. The van der Waals surface area contributed by atoms with E-state index in [1.54, 1.807) is 7.11 Å². The monoisotopic (exact) mass is 668 g/mol. The van der Waals surface area contributed by atoms with Crippen LogP contribution in [-0.4, -0.2) is 119 Å². The molecule has 2 aliphatic rings. The quantitative estimate of drug-likeness (QED) is 0.154. The Morgan fingerprint density at radius 1 is 0.771 bits per heavy atom. The molecule has 4 rings (SSSR count). The first-order chi connectivity index (χ1) is 23.0. The van der Waals surface area contributed by atoms with Crippen molar-refractivity contribution in [2.24, 2.45) is 0 Å². The zero-order chi connectivity index (χ0) is 35.3. The molecule has 2 fully saturated rings. The van der Waals surface area contributed by atoms with Gasteiger partial charge in [0.15, 0.2) is 0 Å². The Balaban J connectivity index is 0.000000414.